The van der Waals surface area contributed by atoms with E-state index in [-0.39, 0.29) is 11.8 Å². The number of anilines is 3. The predicted molar refractivity (Wildman–Crippen MR) is 80.9 cm³/mol. The monoisotopic (exact) mass is 335 g/mol. The third-order valence-corrected chi connectivity index (χ3v) is 2.81. The van der Waals surface area contributed by atoms with E-state index in [2.05, 4.69) is 15.3 Å². The van der Waals surface area contributed by atoms with Crippen molar-refractivity contribution in [2.45, 2.75) is 6.92 Å². The van der Waals surface area contributed by atoms with Crippen molar-refractivity contribution in [2.75, 3.05) is 11.1 Å². The van der Waals surface area contributed by atoms with Gasteiger partial charge in [0, 0.05) is 11.8 Å². The molecule has 2 aromatic rings. The first-order chi connectivity index (χ1) is 11.2. The first kappa shape index (κ1) is 16.5. The summed E-state index contributed by atoms with van der Waals surface area (Å²) in [4.78, 5) is 37.8. The molecular formula is C11H9N7O6. The molecule has 1 aromatic carbocycles. The topological polar surface area (TPSA) is 193 Å². The summed E-state index contributed by atoms with van der Waals surface area (Å²) in [5, 5.41) is 35.5. The Morgan fingerprint density at radius 3 is 1.92 bits per heavy atom. The molecule has 0 amide bonds. The summed E-state index contributed by atoms with van der Waals surface area (Å²) in [5.41, 5.74) is 2.86. The van der Waals surface area contributed by atoms with E-state index >= 15 is 0 Å². The number of nitrogens with zero attached hydrogens (tertiary/aromatic N) is 5. The van der Waals surface area contributed by atoms with E-state index in [0.717, 1.165) is 0 Å². The number of non-ortho nitro benzene ring substituents is 1. The van der Waals surface area contributed by atoms with Gasteiger partial charge in [-0.25, -0.2) is 4.98 Å². The minimum absolute atomic E-state index is 0.0277. The Hall–Kier alpha value is -3.90. The average Bonchev–Trinajstić information content (AvgIpc) is 2.45. The van der Waals surface area contributed by atoms with Crippen LogP contribution in [-0.4, -0.2) is 24.7 Å². The van der Waals surface area contributed by atoms with Crippen LogP contribution in [0.1, 0.15) is 5.69 Å². The summed E-state index contributed by atoms with van der Waals surface area (Å²) in [6.07, 6.45) is 0. The van der Waals surface area contributed by atoms with Crippen molar-refractivity contribution in [3.63, 3.8) is 0 Å². The van der Waals surface area contributed by atoms with Crippen LogP contribution in [0.4, 0.5) is 34.5 Å². The Labute approximate surface area is 132 Å². The second-order valence-corrected chi connectivity index (χ2v) is 4.51. The average molecular weight is 335 g/mol. The van der Waals surface area contributed by atoms with Crippen molar-refractivity contribution in [3.05, 3.63) is 54.2 Å². The Morgan fingerprint density at radius 1 is 0.958 bits per heavy atom. The standard InChI is InChI=1S/C11H9N7O6/c1-5-2-9(15-11(12)13-5)14-10-7(17(21)22)3-6(16(19)20)4-8(10)18(23)24/h2-4H,1H3,(H3,12,13,14,15). The van der Waals surface area contributed by atoms with Gasteiger partial charge >= 0.3 is 11.4 Å². The lowest BCUT2D eigenvalue weighted by atomic mass is 10.2. The molecule has 0 unspecified atom stereocenters. The van der Waals surface area contributed by atoms with E-state index in [4.69, 9.17) is 5.73 Å². The Kier molecular flexibility index (Phi) is 4.17. The van der Waals surface area contributed by atoms with E-state index in [1.165, 1.54) is 6.07 Å². The largest absolute Gasteiger partial charge is 0.368 e. The zero-order valence-electron chi connectivity index (χ0n) is 12.0. The van der Waals surface area contributed by atoms with Crippen molar-refractivity contribution >= 4 is 34.5 Å². The number of aryl methyl sites for hydroxylation is 1. The Morgan fingerprint density at radius 2 is 1.50 bits per heavy atom. The molecule has 1 aromatic heterocycles. The molecule has 0 bridgehead atoms. The maximum atomic E-state index is 11.2. The number of hydrogen-bond acceptors (Lipinski definition) is 10. The molecule has 0 saturated heterocycles. The van der Waals surface area contributed by atoms with E-state index in [1.807, 2.05) is 0 Å². The summed E-state index contributed by atoms with van der Waals surface area (Å²) in [6, 6.07) is 2.59. The molecule has 0 atom stereocenters. The van der Waals surface area contributed by atoms with E-state index in [0.29, 0.717) is 17.8 Å². The van der Waals surface area contributed by atoms with Gasteiger partial charge in [-0.05, 0) is 6.92 Å². The van der Waals surface area contributed by atoms with Crippen molar-refractivity contribution in [1.29, 1.82) is 0 Å². The van der Waals surface area contributed by atoms with Crippen LogP contribution in [0.2, 0.25) is 0 Å². The summed E-state index contributed by atoms with van der Waals surface area (Å²) in [7, 11) is 0. The molecule has 0 aliphatic carbocycles. The predicted octanol–water partition coefficient (Wildman–Crippen LogP) is 1.84. The number of rotatable bonds is 5. The highest BCUT2D eigenvalue weighted by Crippen LogP contribution is 2.39. The van der Waals surface area contributed by atoms with Crippen LogP contribution < -0.4 is 11.1 Å². The number of hydrogen-bond donors (Lipinski definition) is 2. The molecule has 3 N–H and O–H groups in total. The highest BCUT2D eigenvalue weighted by Gasteiger charge is 2.31. The molecule has 0 spiro atoms. The molecule has 0 fully saturated rings. The smallest absolute Gasteiger partial charge is 0.306 e. The highest BCUT2D eigenvalue weighted by molar-refractivity contribution is 5.80. The molecule has 2 rings (SSSR count). The summed E-state index contributed by atoms with van der Waals surface area (Å²) >= 11 is 0. The number of nitrogens with two attached hydrogens (primary N) is 1. The molecule has 0 aliphatic rings. The molecule has 1 heterocycles. The maximum Gasteiger partial charge on any atom is 0.306 e. The molecule has 13 heteroatoms. The van der Waals surface area contributed by atoms with Gasteiger partial charge in [-0.15, -0.1) is 0 Å². The van der Waals surface area contributed by atoms with E-state index < -0.39 is 37.5 Å². The molecular weight excluding hydrogens is 326 g/mol. The quantitative estimate of drug-likeness (QED) is 0.601. The molecule has 0 saturated carbocycles. The summed E-state index contributed by atoms with van der Waals surface area (Å²) < 4.78 is 0. The van der Waals surface area contributed by atoms with Crippen molar-refractivity contribution < 1.29 is 14.8 Å². The van der Waals surface area contributed by atoms with E-state index in [1.54, 1.807) is 6.92 Å². The Balaban J connectivity index is 2.68. The lowest BCUT2D eigenvalue weighted by Crippen LogP contribution is -2.06. The lowest BCUT2D eigenvalue weighted by Gasteiger charge is -2.08. The maximum absolute atomic E-state index is 11.2. The van der Waals surface area contributed by atoms with Gasteiger partial charge in [-0.3, -0.25) is 30.3 Å². The number of aromatic nitrogens is 2. The zero-order valence-corrected chi connectivity index (χ0v) is 12.0. The molecule has 124 valence electrons. The van der Waals surface area contributed by atoms with Gasteiger partial charge in [0.15, 0.2) is 5.69 Å². The summed E-state index contributed by atoms with van der Waals surface area (Å²) in [6.45, 7) is 1.57. The highest BCUT2D eigenvalue weighted by atomic mass is 16.6. The van der Waals surface area contributed by atoms with Gasteiger partial charge < -0.3 is 11.1 Å². The fourth-order valence-corrected chi connectivity index (χ4v) is 1.90. The van der Waals surface area contributed by atoms with Crippen LogP contribution in [0.3, 0.4) is 0 Å². The molecule has 13 nitrogen and oxygen atoms in total. The number of nitrogen functional groups attached to an aromatic ring is 1. The number of benzene rings is 1. The molecule has 0 aliphatic heterocycles. The van der Waals surface area contributed by atoms with Crippen LogP contribution >= 0.6 is 0 Å². The minimum Gasteiger partial charge on any atom is -0.368 e. The Bertz CT molecular complexity index is 813. The normalized spacial score (nSPS) is 10.2. The number of nitrogens with one attached hydrogen (secondary N) is 1. The van der Waals surface area contributed by atoms with Crippen LogP contribution in [0.25, 0.3) is 0 Å². The first-order valence-corrected chi connectivity index (χ1v) is 6.18. The summed E-state index contributed by atoms with van der Waals surface area (Å²) in [5.74, 6) is -0.176. The van der Waals surface area contributed by atoms with Gasteiger partial charge in [0.25, 0.3) is 5.69 Å². The molecule has 0 radical (unpaired) electrons. The second kappa shape index (κ2) is 6.07. The van der Waals surface area contributed by atoms with Gasteiger partial charge in [0.1, 0.15) is 5.82 Å². The van der Waals surface area contributed by atoms with Crippen LogP contribution in [0.5, 0.6) is 0 Å². The van der Waals surface area contributed by atoms with Gasteiger partial charge in [0.2, 0.25) is 5.95 Å². The third kappa shape index (κ3) is 3.29. The number of nitro groups is 3. The minimum atomic E-state index is -0.972. The van der Waals surface area contributed by atoms with Crippen molar-refractivity contribution in [3.8, 4) is 0 Å². The molecule has 24 heavy (non-hydrogen) atoms. The van der Waals surface area contributed by atoms with Gasteiger partial charge in [-0.1, -0.05) is 0 Å². The van der Waals surface area contributed by atoms with Crippen LogP contribution in [0.15, 0.2) is 18.2 Å². The van der Waals surface area contributed by atoms with Gasteiger partial charge in [-0.2, -0.15) is 4.98 Å². The number of nitro benzene ring substituents is 3. The fourth-order valence-electron chi connectivity index (χ4n) is 1.90. The van der Waals surface area contributed by atoms with Gasteiger partial charge in [0.05, 0.1) is 26.9 Å². The van der Waals surface area contributed by atoms with Crippen molar-refractivity contribution in [1.82, 2.24) is 9.97 Å². The van der Waals surface area contributed by atoms with Crippen LogP contribution in [0, 0.1) is 37.3 Å². The first-order valence-electron chi connectivity index (χ1n) is 6.18. The zero-order chi connectivity index (χ0) is 18.0. The SMILES string of the molecule is Cc1cc(Nc2c([N+](=O)[O-])cc([N+](=O)[O-])cc2[N+](=O)[O-])nc(N)n1. The lowest BCUT2D eigenvalue weighted by molar-refractivity contribution is -0.401. The van der Waals surface area contributed by atoms with Crippen LogP contribution in [-0.2, 0) is 0 Å². The van der Waals surface area contributed by atoms with E-state index in [9.17, 15) is 30.3 Å². The second-order valence-electron chi connectivity index (χ2n) is 4.51. The van der Waals surface area contributed by atoms with Crippen molar-refractivity contribution in [2.24, 2.45) is 0 Å². The third-order valence-electron chi connectivity index (χ3n) is 2.81. The fraction of sp³-hybridized carbons (Fsp3) is 0.0909.